The van der Waals surface area contributed by atoms with Gasteiger partial charge in [-0.25, -0.2) is 4.39 Å². The summed E-state index contributed by atoms with van der Waals surface area (Å²) in [5.74, 6) is -1.43. The normalized spacial score (nSPS) is 9.95. The summed E-state index contributed by atoms with van der Waals surface area (Å²) in [5, 5.41) is 2.37. The van der Waals surface area contributed by atoms with Gasteiger partial charge in [0.2, 0.25) is 0 Å². The van der Waals surface area contributed by atoms with Crippen molar-refractivity contribution in [1.29, 1.82) is 0 Å². The Kier molecular flexibility index (Phi) is 6.49. The van der Waals surface area contributed by atoms with Crippen LogP contribution in [0.15, 0.2) is 18.2 Å². The predicted molar refractivity (Wildman–Crippen MR) is 71.2 cm³/mol. The van der Waals surface area contributed by atoms with E-state index < -0.39 is 17.7 Å². The van der Waals surface area contributed by atoms with Crippen LogP contribution in [0.25, 0.3) is 0 Å². The number of hydrogen-bond donors (Lipinski definition) is 1. The van der Waals surface area contributed by atoms with E-state index in [1.165, 1.54) is 19.2 Å². The van der Waals surface area contributed by atoms with Crippen molar-refractivity contribution in [3.8, 4) is 5.75 Å². The molecule has 0 fully saturated rings. The highest BCUT2D eigenvalue weighted by atomic mass is 19.1. The number of ether oxygens (including phenoxy) is 2. The van der Waals surface area contributed by atoms with E-state index in [-0.39, 0.29) is 17.9 Å². The SMILES string of the molecule is CCCCOC(=O)CNC(=O)c1cc(F)ccc1OC. The molecule has 0 radical (unpaired) electrons. The molecule has 1 N–H and O–H groups in total. The fourth-order valence-electron chi connectivity index (χ4n) is 1.49. The molecule has 1 aromatic rings. The van der Waals surface area contributed by atoms with Gasteiger partial charge in [-0.05, 0) is 24.6 Å². The van der Waals surface area contributed by atoms with Crippen molar-refractivity contribution in [2.45, 2.75) is 19.8 Å². The molecule has 1 amide bonds. The highest BCUT2D eigenvalue weighted by Gasteiger charge is 2.14. The van der Waals surface area contributed by atoms with Crippen LogP contribution < -0.4 is 10.1 Å². The summed E-state index contributed by atoms with van der Waals surface area (Å²) in [4.78, 5) is 23.2. The van der Waals surface area contributed by atoms with E-state index in [2.05, 4.69) is 5.32 Å². The molecule has 110 valence electrons. The fraction of sp³-hybridized carbons (Fsp3) is 0.429. The van der Waals surface area contributed by atoms with E-state index >= 15 is 0 Å². The molecule has 0 aliphatic carbocycles. The molecule has 0 spiro atoms. The maximum Gasteiger partial charge on any atom is 0.325 e. The minimum atomic E-state index is -0.589. The Morgan fingerprint density at radius 1 is 1.35 bits per heavy atom. The van der Waals surface area contributed by atoms with E-state index in [1.54, 1.807) is 0 Å². The standard InChI is InChI=1S/C14H18FNO4/c1-3-4-7-20-13(17)9-16-14(18)11-8-10(15)5-6-12(11)19-2/h5-6,8H,3-4,7,9H2,1-2H3,(H,16,18). The highest BCUT2D eigenvalue weighted by Crippen LogP contribution is 2.18. The zero-order valence-electron chi connectivity index (χ0n) is 11.6. The van der Waals surface area contributed by atoms with Crippen molar-refractivity contribution >= 4 is 11.9 Å². The first-order chi connectivity index (χ1) is 9.58. The van der Waals surface area contributed by atoms with Gasteiger partial charge in [-0.2, -0.15) is 0 Å². The molecule has 0 aromatic heterocycles. The average molecular weight is 283 g/mol. The number of amides is 1. The van der Waals surface area contributed by atoms with Crippen LogP contribution in [0.4, 0.5) is 4.39 Å². The minimum absolute atomic E-state index is 0.0360. The lowest BCUT2D eigenvalue weighted by molar-refractivity contribution is -0.142. The van der Waals surface area contributed by atoms with E-state index in [0.717, 1.165) is 18.9 Å². The number of hydrogen-bond acceptors (Lipinski definition) is 4. The van der Waals surface area contributed by atoms with Gasteiger partial charge in [-0.1, -0.05) is 13.3 Å². The molecular formula is C14H18FNO4. The molecule has 0 heterocycles. The second-order valence-electron chi connectivity index (χ2n) is 4.10. The van der Waals surface area contributed by atoms with Crippen molar-refractivity contribution in [3.63, 3.8) is 0 Å². The van der Waals surface area contributed by atoms with Crippen LogP contribution in [0.2, 0.25) is 0 Å². The topological polar surface area (TPSA) is 64.6 Å². The van der Waals surface area contributed by atoms with E-state index in [9.17, 15) is 14.0 Å². The second kappa shape index (κ2) is 8.14. The van der Waals surface area contributed by atoms with Crippen molar-refractivity contribution in [2.75, 3.05) is 20.3 Å². The van der Waals surface area contributed by atoms with Crippen LogP contribution in [0.1, 0.15) is 30.1 Å². The van der Waals surface area contributed by atoms with Crippen molar-refractivity contribution in [1.82, 2.24) is 5.32 Å². The maximum absolute atomic E-state index is 13.1. The molecule has 0 bridgehead atoms. The number of benzene rings is 1. The van der Waals surface area contributed by atoms with Gasteiger partial charge in [0.15, 0.2) is 0 Å². The van der Waals surface area contributed by atoms with Gasteiger partial charge >= 0.3 is 5.97 Å². The molecule has 0 saturated carbocycles. The van der Waals surface area contributed by atoms with Crippen LogP contribution in [0.5, 0.6) is 5.75 Å². The Bertz CT molecular complexity index is 476. The first-order valence-electron chi connectivity index (χ1n) is 6.35. The number of nitrogens with one attached hydrogen (secondary N) is 1. The Hall–Kier alpha value is -2.11. The summed E-state index contributed by atoms with van der Waals surface area (Å²) in [6.45, 7) is 2.04. The van der Waals surface area contributed by atoms with Gasteiger partial charge in [0.25, 0.3) is 5.91 Å². The van der Waals surface area contributed by atoms with Gasteiger partial charge in [0.05, 0.1) is 19.3 Å². The Morgan fingerprint density at radius 3 is 2.75 bits per heavy atom. The molecule has 0 aliphatic heterocycles. The zero-order chi connectivity index (χ0) is 15.0. The third-order valence-corrected chi connectivity index (χ3v) is 2.56. The molecule has 0 atom stereocenters. The van der Waals surface area contributed by atoms with Crippen LogP contribution in [0, 0.1) is 5.82 Å². The summed E-state index contributed by atoms with van der Waals surface area (Å²) >= 11 is 0. The van der Waals surface area contributed by atoms with Crippen LogP contribution in [0.3, 0.4) is 0 Å². The Morgan fingerprint density at radius 2 is 2.10 bits per heavy atom. The number of methoxy groups -OCH3 is 1. The van der Waals surface area contributed by atoms with Crippen LogP contribution in [-0.2, 0) is 9.53 Å². The van der Waals surface area contributed by atoms with Gasteiger partial charge in [0, 0.05) is 0 Å². The highest BCUT2D eigenvalue weighted by molar-refractivity contribution is 5.98. The van der Waals surface area contributed by atoms with Gasteiger partial charge < -0.3 is 14.8 Å². The number of carbonyl (C=O) groups excluding carboxylic acids is 2. The maximum atomic E-state index is 13.1. The van der Waals surface area contributed by atoms with Crippen molar-refractivity contribution in [2.24, 2.45) is 0 Å². The fourth-order valence-corrected chi connectivity index (χ4v) is 1.49. The van der Waals surface area contributed by atoms with Gasteiger partial charge in [0.1, 0.15) is 18.1 Å². The van der Waals surface area contributed by atoms with Crippen LogP contribution in [-0.4, -0.2) is 32.1 Å². The monoisotopic (exact) mass is 283 g/mol. The smallest absolute Gasteiger partial charge is 0.325 e. The lowest BCUT2D eigenvalue weighted by Crippen LogP contribution is -2.31. The molecule has 0 unspecified atom stereocenters. The second-order valence-corrected chi connectivity index (χ2v) is 4.10. The van der Waals surface area contributed by atoms with Gasteiger partial charge in [-0.3, -0.25) is 9.59 Å². The lowest BCUT2D eigenvalue weighted by Gasteiger charge is -2.09. The number of carbonyl (C=O) groups is 2. The molecule has 0 aliphatic rings. The molecule has 1 rings (SSSR count). The van der Waals surface area contributed by atoms with E-state index in [4.69, 9.17) is 9.47 Å². The summed E-state index contributed by atoms with van der Waals surface area (Å²) in [7, 11) is 1.38. The van der Waals surface area contributed by atoms with Crippen molar-refractivity contribution < 1.29 is 23.5 Å². The van der Waals surface area contributed by atoms with Crippen LogP contribution >= 0.6 is 0 Å². The summed E-state index contributed by atoms with van der Waals surface area (Å²) in [5.41, 5.74) is 0.0360. The summed E-state index contributed by atoms with van der Waals surface area (Å²) in [6.07, 6.45) is 1.69. The number of halogens is 1. The lowest BCUT2D eigenvalue weighted by atomic mass is 10.2. The largest absolute Gasteiger partial charge is 0.496 e. The first kappa shape index (κ1) is 15.9. The Balaban J connectivity index is 2.54. The number of rotatable bonds is 7. The number of unbranched alkanes of at least 4 members (excludes halogenated alkanes) is 1. The third kappa shape index (κ3) is 4.87. The molecule has 1 aromatic carbocycles. The molecule has 20 heavy (non-hydrogen) atoms. The third-order valence-electron chi connectivity index (χ3n) is 2.56. The quantitative estimate of drug-likeness (QED) is 0.613. The van der Waals surface area contributed by atoms with E-state index in [0.29, 0.717) is 6.61 Å². The van der Waals surface area contributed by atoms with E-state index in [1.807, 2.05) is 6.92 Å². The average Bonchev–Trinajstić information content (AvgIpc) is 2.45. The molecule has 0 saturated heterocycles. The number of esters is 1. The predicted octanol–water partition coefficient (Wildman–Crippen LogP) is 1.91. The van der Waals surface area contributed by atoms with Crippen molar-refractivity contribution in [3.05, 3.63) is 29.6 Å². The first-order valence-corrected chi connectivity index (χ1v) is 6.35. The summed E-state index contributed by atoms with van der Waals surface area (Å²) < 4.78 is 23.0. The molecule has 6 heteroatoms. The minimum Gasteiger partial charge on any atom is -0.496 e. The molecule has 5 nitrogen and oxygen atoms in total. The van der Waals surface area contributed by atoms with Gasteiger partial charge in [-0.15, -0.1) is 0 Å². The Labute approximate surface area is 117 Å². The summed E-state index contributed by atoms with van der Waals surface area (Å²) in [6, 6.07) is 3.59. The zero-order valence-corrected chi connectivity index (χ0v) is 11.6. The molecular weight excluding hydrogens is 265 g/mol.